The number of aliphatic hydroxyl groups is 1. The highest BCUT2D eigenvalue weighted by Crippen LogP contribution is 2.26. The minimum atomic E-state index is -1.24. The largest absolute Gasteiger partial charge is 0.377 e. The summed E-state index contributed by atoms with van der Waals surface area (Å²) < 4.78 is 5.71. The van der Waals surface area contributed by atoms with Crippen molar-refractivity contribution in [3.63, 3.8) is 0 Å². The first-order chi connectivity index (χ1) is 9.58. The van der Waals surface area contributed by atoms with E-state index in [2.05, 4.69) is 5.32 Å². The number of rotatable bonds is 2. The summed E-state index contributed by atoms with van der Waals surface area (Å²) in [6.45, 7) is 2.07. The van der Waals surface area contributed by atoms with Crippen molar-refractivity contribution in [2.75, 3.05) is 32.8 Å². The average Bonchev–Trinajstić information content (AvgIpc) is 2.44. The van der Waals surface area contributed by atoms with E-state index in [9.17, 15) is 9.90 Å². The van der Waals surface area contributed by atoms with Crippen LogP contribution in [0.2, 0.25) is 5.02 Å². The van der Waals surface area contributed by atoms with Gasteiger partial charge in [0.05, 0.1) is 13.2 Å². The molecule has 108 valence electrons. The smallest absolute Gasteiger partial charge is 0.257 e. The lowest BCUT2D eigenvalue weighted by molar-refractivity contribution is -0.163. The molecule has 1 aromatic rings. The lowest BCUT2D eigenvalue weighted by atomic mass is 9.94. The van der Waals surface area contributed by atoms with Gasteiger partial charge < -0.3 is 20.1 Å². The van der Waals surface area contributed by atoms with Crippen LogP contribution >= 0.6 is 11.6 Å². The Balaban J connectivity index is 1.72. The molecule has 2 heterocycles. The average molecular weight is 297 g/mol. The number of hydrogen-bond acceptors (Lipinski definition) is 4. The second-order valence-electron chi connectivity index (χ2n) is 5.30. The number of nitrogens with zero attached hydrogens (tertiary/aromatic N) is 1. The van der Waals surface area contributed by atoms with E-state index in [-0.39, 0.29) is 12.0 Å². The number of carbonyl (C=O) groups is 1. The highest BCUT2D eigenvalue weighted by Gasteiger charge is 2.45. The number of hydrogen-bond donors (Lipinski definition) is 2. The fourth-order valence-corrected chi connectivity index (χ4v) is 2.75. The Hall–Kier alpha value is -1.14. The van der Waals surface area contributed by atoms with Crippen LogP contribution in [0.3, 0.4) is 0 Å². The quantitative estimate of drug-likeness (QED) is 0.838. The summed E-state index contributed by atoms with van der Waals surface area (Å²) in [5.74, 6) is -0.216. The Morgan fingerprint density at radius 1 is 1.50 bits per heavy atom. The number of nitrogens with one attached hydrogen (secondary N) is 1. The molecule has 20 heavy (non-hydrogen) atoms. The number of ether oxygens (including phenoxy) is 1. The maximum Gasteiger partial charge on any atom is 0.257 e. The number of morpholine rings is 1. The molecule has 0 aliphatic carbocycles. The van der Waals surface area contributed by atoms with Gasteiger partial charge in [-0.3, -0.25) is 4.79 Å². The van der Waals surface area contributed by atoms with Crippen LogP contribution in [0.15, 0.2) is 24.3 Å². The summed E-state index contributed by atoms with van der Waals surface area (Å²) in [6.07, 6.45) is -0.192. The first-order valence-electron chi connectivity index (χ1n) is 6.68. The van der Waals surface area contributed by atoms with Gasteiger partial charge in [-0.05, 0) is 17.7 Å². The summed E-state index contributed by atoms with van der Waals surface area (Å²) in [5.41, 5.74) is -0.287. The molecule has 1 aromatic carbocycles. The molecule has 0 spiro atoms. The molecule has 2 aliphatic rings. The van der Waals surface area contributed by atoms with Gasteiger partial charge in [0.1, 0.15) is 6.10 Å². The summed E-state index contributed by atoms with van der Waals surface area (Å²) in [7, 11) is 0. The molecule has 1 unspecified atom stereocenters. The van der Waals surface area contributed by atoms with Crippen molar-refractivity contribution in [1.82, 2.24) is 10.2 Å². The second-order valence-corrected chi connectivity index (χ2v) is 5.74. The molecule has 5 nitrogen and oxygen atoms in total. The van der Waals surface area contributed by atoms with Gasteiger partial charge in [-0.15, -0.1) is 0 Å². The maximum absolute atomic E-state index is 12.3. The van der Waals surface area contributed by atoms with Gasteiger partial charge in [-0.1, -0.05) is 23.7 Å². The van der Waals surface area contributed by atoms with E-state index in [1.165, 1.54) is 0 Å². The first-order valence-corrected chi connectivity index (χ1v) is 7.06. The van der Waals surface area contributed by atoms with E-state index in [4.69, 9.17) is 16.3 Å². The summed E-state index contributed by atoms with van der Waals surface area (Å²) >= 11 is 5.98. The molecule has 0 bridgehead atoms. The van der Waals surface area contributed by atoms with Crippen LogP contribution < -0.4 is 5.32 Å². The second kappa shape index (κ2) is 5.33. The molecule has 0 aromatic heterocycles. The number of benzene rings is 1. The summed E-state index contributed by atoms with van der Waals surface area (Å²) in [5, 5.41) is 13.7. The van der Waals surface area contributed by atoms with Crippen LogP contribution in [0.4, 0.5) is 0 Å². The predicted octanol–water partition coefficient (Wildman–Crippen LogP) is 0.574. The SMILES string of the molecule is O=C(N1CCOC(c2cccc(Cl)c2)C1)C1(O)CNC1. The van der Waals surface area contributed by atoms with E-state index in [1.54, 1.807) is 11.0 Å². The third-order valence-electron chi connectivity index (χ3n) is 3.81. The fraction of sp³-hybridized carbons (Fsp3) is 0.500. The summed E-state index contributed by atoms with van der Waals surface area (Å²) in [6, 6.07) is 7.45. The van der Waals surface area contributed by atoms with Gasteiger partial charge in [0.2, 0.25) is 0 Å². The lowest BCUT2D eigenvalue weighted by Gasteiger charge is -2.42. The molecule has 3 rings (SSSR count). The molecular formula is C14H17ClN2O3. The van der Waals surface area contributed by atoms with Crippen LogP contribution in [0.25, 0.3) is 0 Å². The van der Waals surface area contributed by atoms with Crippen molar-refractivity contribution >= 4 is 17.5 Å². The Labute approximate surface area is 122 Å². The van der Waals surface area contributed by atoms with Crippen molar-refractivity contribution in [3.8, 4) is 0 Å². The Bertz CT molecular complexity index is 519. The van der Waals surface area contributed by atoms with Crippen molar-refractivity contribution in [1.29, 1.82) is 0 Å². The fourth-order valence-electron chi connectivity index (χ4n) is 2.55. The maximum atomic E-state index is 12.3. The molecule has 0 saturated carbocycles. The predicted molar refractivity (Wildman–Crippen MR) is 74.5 cm³/mol. The number of amides is 1. The standard InChI is InChI=1S/C14H17ClN2O3/c15-11-3-1-2-10(6-11)12-7-17(4-5-20-12)13(18)14(19)8-16-9-14/h1-3,6,12,16,19H,4-5,7-9H2. The number of halogens is 1. The van der Waals surface area contributed by atoms with Gasteiger partial charge >= 0.3 is 0 Å². The van der Waals surface area contributed by atoms with Crippen molar-refractivity contribution in [2.24, 2.45) is 0 Å². The Morgan fingerprint density at radius 2 is 2.30 bits per heavy atom. The highest BCUT2D eigenvalue weighted by atomic mass is 35.5. The van der Waals surface area contributed by atoms with Crippen LogP contribution in [-0.2, 0) is 9.53 Å². The van der Waals surface area contributed by atoms with Crippen LogP contribution in [-0.4, -0.2) is 54.3 Å². The van der Waals surface area contributed by atoms with Crippen LogP contribution in [0.5, 0.6) is 0 Å². The molecule has 1 amide bonds. The minimum absolute atomic E-state index is 0.192. The van der Waals surface area contributed by atoms with Crippen LogP contribution in [0, 0.1) is 0 Å². The zero-order valence-corrected chi connectivity index (χ0v) is 11.8. The van der Waals surface area contributed by atoms with E-state index in [1.807, 2.05) is 18.2 Å². The zero-order valence-electron chi connectivity index (χ0n) is 11.0. The molecule has 1 atom stereocenters. The van der Waals surface area contributed by atoms with Crippen molar-refractivity contribution < 1.29 is 14.6 Å². The molecule has 2 aliphatic heterocycles. The third kappa shape index (κ3) is 2.54. The molecule has 2 saturated heterocycles. The molecule has 6 heteroatoms. The van der Waals surface area contributed by atoms with Gasteiger partial charge in [0.25, 0.3) is 5.91 Å². The van der Waals surface area contributed by atoms with Gasteiger partial charge in [0.15, 0.2) is 5.60 Å². The van der Waals surface area contributed by atoms with E-state index < -0.39 is 5.60 Å². The monoisotopic (exact) mass is 296 g/mol. The van der Waals surface area contributed by atoms with Crippen molar-refractivity contribution in [2.45, 2.75) is 11.7 Å². The minimum Gasteiger partial charge on any atom is -0.377 e. The Kier molecular flexibility index (Phi) is 3.69. The zero-order chi connectivity index (χ0) is 14.2. The number of β-amino-alcohol motifs (C(OH)–C–C–N with tert-alkyl or cyclic N) is 1. The molecular weight excluding hydrogens is 280 g/mol. The topological polar surface area (TPSA) is 61.8 Å². The molecule has 0 radical (unpaired) electrons. The molecule has 2 N–H and O–H groups in total. The first kappa shape index (κ1) is 13.8. The Morgan fingerprint density at radius 3 is 2.95 bits per heavy atom. The van der Waals surface area contributed by atoms with Gasteiger partial charge in [-0.25, -0.2) is 0 Å². The van der Waals surface area contributed by atoms with Crippen molar-refractivity contribution in [3.05, 3.63) is 34.9 Å². The van der Waals surface area contributed by atoms with E-state index in [0.717, 1.165) is 5.56 Å². The van der Waals surface area contributed by atoms with Gasteiger partial charge in [-0.2, -0.15) is 0 Å². The highest BCUT2D eigenvalue weighted by molar-refractivity contribution is 6.30. The van der Waals surface area contributed by atoms with Crippen LogP contribution in [0.1, 0.15) is 11.7 Å². The van der Waals surface area contributed by atoms with Gasteiger partial charge in [0, 0.05) is 24.7 Å². The lowest BCUT2D eigenvalue weighted by Crippen LogP contribution is -2.68. The summed E-state index contributed by atoms with van der Waals surface area (Å²) in [4.78, 5) is 14.0. The van der Waals surface area contributed by atoms with E-state index >= 15 is 0 Å². The number of carbonyl (C=O) groups excluding carboxylic acids is 1. The third-order valence-corrected chi connectivity index (χ3v) is 4.04. The van der Waals surface area contributed by atoms with E-state index in [0.29, 0.717) is 37.8 Å². The normalized spacial score (nSPS) is 25.1. The molecule has 2 fully saturated rings.